The fourth-order valence-electron chi connectivity index (χ4n) is 1.91. The van der Waals surface area contributed by atoms with Crippen molar-refractivity contribution in [1.29, 1.82) is 0 Å². The lowest BCUT2D eigenvalue weighted by Crippen LogP contribution is -2.26. The smallest absolute Gasteiger partial charge is 0.108 e. The van der Waals surface area contributed by atoms with Crippen molar-refractivity contribution in [3.8, 4) is 0 Å². The lowest BCUT2D eigenvalue weighted by atomic mass is 9.98. The Bertz CT molecular complexity index is 319. The van der Waals surface area contributed by atoms with Gasteiger partial charge in [-0.1, -0.05) is 12.5 Å². The lowest BCUT2D eigenvalue weighted by molar-refractivity contribution is 0.411. The molecule has 1 aromatic heterocycles. The van der Waals surface area contributed by atoms with Crippen LogP contribution < -0.4 is 5.32 Å². The summed E-state index contributed by atoms with van der Waals surface area (Å²) in [4.78, 5) is 4.33. The molecule has 2 nitrogen and oxygen atoms in total. The molecule has 0 aromatic carbocycles. The molecule has 0 unspecified atom stereocenters. The highest BCUT2D eigenvalue weighted by Gasteiger charge is 2.15. The van der Waals surface area contributed by atoms with Crippen LogP contribution in [0.3, 0.4) is 0 Å². The molecule has 1 aromatic rings. The average molecular weight is 255 g/mol. The Hall–Kier alpha value is -0.410. The van der Waals surface area contributed by atoms with E-state index in [-0.39, 0.29) is 0 Å². The summed E-state index contributed by atoms with van der Waals surface area (Å²) >= 11 is 3.42. The molecule has 14 heavy (non-hydrogen) atoms. The zero-order valence-corrected chi connectivity index (χ0v) is 9.97. The van der Waals surface area contributed by atoms with E-state index in [1.807, 2.05) is 6.20 Å². The van der Waals surface area contributed by atoms with Crippen LogP contribution in [0.1, 0.15) is 36.4 Å². The second-order valence-corrected chi connectivity index (χ2v) is 4.63. The molecule has 1 atom stereocenters. The van der Waals surface area contributed by atoms with Crippen LogP contribution >= 0.6 is 15.9 Å². The molecule has 0 spiro atoms. The van der Waals surface area contributed by atoms with Gasteiger partial charge in [-0.05, 0) is 53.4 Å². The van der Waals surface area contributed by atoms with Gasteiger partial charge in [0.05, 0.1) is 0 Å². The van der Waals surface area contributed by atoms with E-state index in [1.165, 1.54) is 30.4 Å². The summed E-state index contributed by atoms with van der Waals surface area (Å²) in [7, 11) is 0. The van der Waals surface area contributed by atoms with Gasteiger partial charge < -0.3 is 5.32 Å². The molecule has 1 aliphatic heterocycles. The number of halogens is 1. The minimum atomic E-state index is 0.517. The number of aromatic nitrogens is 1. The summed E-state index contributed by atoms with van der Waals surface area (Å²) < 4.78 is 0.956. The van der Waals surface area contributed by atoms with Crippen molar-refractivity contribution in [3.05, 3.63) is 28.0 Å². The second kappa shape index (κ2) is 4.41. The van der Waals surface area contributed by atoms with Gasteiger partial charge in [0.25, 0.3) is 0 Å². The normalized spacial score (nSPS) is 22.3. The molecule has 1 aliphatic rings. The molecule has 1 N–H and O–H groups in total. The standard InChI is InChI=1S/C11H15BrN2/c1-8-6-9(7-14-11(8)12)10-4-2-3-5-13-10/h6-7,10,13H,2-5H2,1H3/t10-/m0/s1. The third-order valence-corrected chi connectivity index (χ3v) is 3.58. The lowest BCUT2D eigenvalue weighted by Gasteiger charge is -2.23. The Balaban J connectivity index is 2.18. The number of pyridine rings is 1. The first-order valence-corrected chi connectivity index (χ1v) is 5.92. The van der Waals surface area contributed by atoms with Crippen LogP contribution in [0.5, 0.6) is 0 Å². The third-order valence-electron chi connectivity index (χ3n) is 2.75. The zero-order chi connectivity index (χ0) is 9.97. The third kappa shape index (κ3) is 2.15. The van der Waals surface area contributed by atoms with Crippen LogP contribution in [0, 0.1) is 6.92 Å². The van der Waals surface area contributed by atoms with E-state index in [0.717, 1.165) is 11.1 Å². The first-order chi connectivity index (χ1) is 6.77. The van der Waals surface area contributed by atoms with E-state index in [0.29, 0.717) is 6.04 Å². The molecule has 1 saturated heterocycles. The molecule has 2 rings (SSSR count). The van der Waals surface area contributed by atoms with Crippen molar-refractivity contribution in [3.63, 3.8) is 0 Å². The fraction of sp³-hybridized carbons (Fsp3) is 0.545. The first-order valence-electron chi connectivity index (χ1n) is 5.13. The van der Waals surface area contributed by atoms with E-state index >= 15 is 0 Å². The topological polar surface area (TPSA) is 24.9 Å². The number of hydrogen-bond donors (Lipinski definition) is 1. The summed E-state index contributed by atoms with van der Waals surface area (Å²) in [5.41, 5.74) is 2.54. The van der Waals surface area contributed by atoms with E-state index in [4.69, 9.17) is 0 Å². The molecule has 0 bridgehead atoms. The van der Waals surface area contributed by atoms with Gasteiger partial charge in [-0.2, -0.15) is 0 Å². The number of nitrogens with one attached hydrogen (secondary N) is 1. The van der Waals surface area contributed by atoms with Gasteiger partial charge in [0.15, 0.2) is 0 Å². The number of piperidine rings is 1. The average Bonchev–Trinajstić information content (AvgIpc) is 2.23. The number of rotatable bonds is 1. The maximum Gasteiger partial charge on any atom is 0.108 e. The number of hydrogen-bond acceptors (Lipinski definition) is 2. The minimum absolute atomic E-state index is 0.517. The van der Waals surface area contributed by atoms with Crippen LogP contribution in [0.15, 0.2) is 16.9 Å². The maximum absolute atomic E-state index is 4.33. The van der Waals surface area contributed by atoms with Gasteiger partial charge in [0, 0.05) is 12.2 Å². The van der Waals surface area contributed by atoms with Gasteiger partial charge in [-0.15, -0.1) is 0 Å². The van der Waals surface area contributed by atoms with Crippen molar-refractivity contribution in [2.45, 2.75) is 32.2 Å². The summed E-state index contributed by atoms with van der Waals surface area (Å²) in [6.45, 7) is 3.23. The van der Waals surface area contributed by atoms with Crippen molar-refractivity contribution >= 4 is 15.9 Å². The van der Waals surface area contributed by atoms with E-state index < -0.39 is 0 Å². The Morgan fingerprint density at radius 3 is 3.00 bits per heavy atom. The number of nitrogens with zero attached hydrogens (tertiary/aromatic N) is 1. The molecule has 0 amide bonds. The first kappa shape index (κ1) is 10.1. The summed E-state index contributed by atoms with van der Waals surface area (Å²) in [5, 5.41) is 3.53. The minimum Gasteiger partial charge on any atom is -0.310 e. The Kier molecular flexibility index (Phi) is 3.19. The van der Waals surface area contributed by atoms with Crippen LogP contribution in [-0.4, -0.2) is 11.5 Å². The molecular weight excluding hydrogens is 240 g/mol. The molecule has 0 radical (unpaired) electrons. The molecule has 0 saturated carbocycles. The van der Waals surface area contributed by atoms with Gasteiger partial charge in [0.1, 0.15) is 4.60 Å². The van der Waals surface area contributed by atoms with Crippen molar-refractivity contribution in [1.82, 2.24) is 10.3 Å². The van der Waals surface area contributed by atoms with Crippen LogP contribution in [-0.2, 0) is 0 Å². The predicted octanol–water partition coefficient (Wildman–Crippen LogP) is 2.97. The molecule has 76 valence electrons. The van der Waals surface area contributed by atoms with Crippen molar-refractivity contribution in [2.75, 3.05) is 6.54 Å². The van der Waals surface area contributed by atoms with E-state index in [2.05, 4.69) is 39.2 Å². The van der Waals surface area contributed by atoms with Crippen molar-refractivity contribution in [2.24, 2.45) is 0 Å². The highest BCUT2D eigenvalue weighted by molar-refractivity contribution is 9.10. The molecule has 0 aliphatic carbocycles. The Morgan fingerprint density at radius 2 is 2.36 bits per heavy atom. The number of aryl methyl sites for hydroxylation is 1. The van der Waals surface area contributed by atoms with Crippen molar-refractivity contribution < 1.29 is 0 Å². The largest absolute Gasteiger partial charge is 0.310 e. The fourth-order valence-corrected chi connectivity index (χ4v) is 2.12. The molecular formula is C11H15BrN2. The summed E-state index contributed by atoms with van der Waals surface area (Å²) in [6, 6.07) is 2.74. The maximum atomic E-state index is 4.33. The van der Waals surface area contributed by atoms with E-state index in [1.54, 1.807) is 0 Å². The quantitative estimate of drug-likeness (QED) is 0.780. The van der Waals surface area contributed by atoms with Gasteiger partial charge in [-0.3, -0.25) is 0 Å². The predicted molar refractivity (Wildman–Crippen MR) is 61.3 cm³/mol. The van der Waals surface area contributed by atoms with Gasteiger partial charge >= 0.3 is 0 Å². The van der Waals surface area contributed by atoms with Crippen LogP contribution in [0.4, 0.5) is 0 Å². The van der Waals surface area contributed by atoms with E-state index in [9.17, 15) is 0 Å². The summed E-state index contributed by atoms with van der Waals surface area (Å²) in [5.74, 6) is 0. The Labute approximate surface area is 93.3 Å². The summed E-state index contributed by atoms with van der Waals surface area (Å²) in [6.07, 6.45) is 5.84. The second-order valence-electron chi connectivity index (χ2n) is 3.88. The molecule has 3 heteroatoms. The van der Waals surface area contributed by atoms with Gasteiger partial charge in [-0.25, -0.2) is 4.98 Å². The molecule has 2 heterocycles. The van der Waals surface area contributed by atoms with Gasteiger partial charge in [0.2, 0.25) is 0 Å². The molecule has 1 fully saturated rings. The highest BCUT2D eigenvalue weighted by atomic mass is 79.9. The highest BCUT2D eigenvalue weighted by Crippen LogP contribution is 2.24. The van der Waals surface area contributed by atoms with Crippen LogP contribution in [0.2, 0.25) is 0 Å². The SMILES string of the molecule is Cc1cc([C@@H]2CCCCN2)cnc1Br. The monoisotopic (exact) mass is 254 g/mol. The van der Waals surface area contributed by atoms with Crippen LogP contribution in [0.25, 0.3) is 0 Å². The Morgan fingerprint density at radius 1 is 1.50 bits per heavy atom. The zero-order valence-electron chi connectivity index (χ0n) is 8.39.